The average molecular weight is 384 g/mol. The van der Waals surface area contributed by atoms with E-state index in [1.807, 2.05) is 6.92 Å². The van der Waals surface area contributed by atoms with Crippen molar-refractivity contribution in [2.45, 2.75) is 25.7 Å². The van der Waals surface area contributed by atoms with Crippen LogP contribution < -0.4 is 4.72 Å². The summed E-state index contributed by atoms with van der Waals surface area (Å²) in [7, 11) is -3.77. The maximum Gasteiger partial charge on any atom is 0.263 e. The first-order valence-electron chi connectivity index (χ1n) is 6.96. The summed E-state index contributed by atoms with van der Waals surface area (Å²) in [5.41, 5.74) is 1.29. The third-order valence-electron chi connectivity index (χ3n) is 3.28. The quantitative estimate of drug-likeness (QED) is 0.730. The molecule has 0 aliphatic carbocycles. The third kappa shape index (κ3) is 3.31. The summed E-state index contributed by atoms with van der Waals surface area (Å²) in [5, 5.41) is 4.17. The number of nitrogens with zero attached hydrogens (tertiary/aromatic N) is 2. The summed E-state index contributed by atoms with van der Waals surface area (Å²) < 4.78 is 32.8. The topological polar surface area (TPSA) is 85.1 Å². The standard InChI is InChI=1S/C15H14ClN3O3S2/c1-8-4-5-12(11(16)6-8)19-24(20,21)14-7-13(23-9(14)2)15-17-10(3)22-18-15/h4-7,19H,1-3H3. The van der Waals surface area contributed by atoms with E-state index in [1.54, 1.807) is 32.0 Å². The van der Waals surface area contributed by atoms with Crippen LogP contribution in [0.2, 0.25) is 5.02 Å². The van der Waals surface area contributed by atoms with Gasteiger partial charge in [0.25, 0.3) is 10.0 Å². The molecular formula is C15H14ClN3O3S2. The second-order valence-electron chi connectivity index (χ2n) is 5.26. The number of halogens is 1. The van der Waals surface area contributed by atoms with Crippen LogP contribution in [0.25, 0.3) is 10.7 Å². The summed E-state index contributed by atoms with van der Waals surface area (Å²) in [6.45, 7) is 5.29. The SMILES string of the molecule is Cc1ccc(NS(=O)(=O)c2cc(-c3noc(C)n3)sc2C)c(Cl)c1. The molecule has 3 rings (SSSR count). The van der Waals surface area contributed by atoms with E-state index in [1.165, 1.54) is 17.4 Å². The molecule has 9 heteroatoms. The highest BCUT2D eigenvalue weighted by molar-refractivity contribution is 7.93. The molecule has 0 atom stereocenters. The van der Waals surface area contributed by atoms with Crippen molar-refractivity contribution in [1.29, 1.82) is 0 Å². The monoisotopic (exact) mass is 383 g/mol. The smallest absolute Gasteiger partial charge is 0.263 e. The Morgan fingerprint density at radius 3 is 2.58 bits per heavy atom. The van der Waals surface area contributed by atoms with E-state index < -0.39 is 10.0 Å². The van der Waals surface area contributed by atoms with Crippen LogP contribution in [0, 0.1) is 20.8 Å². The largest absolute Gasteiger partial charge is 0.339 e. The molecule has 0 radical (unpaired) electrons. The molecular weight excluding hydrogens is 370 g/mol. The van der Waals surface area contributed by atoms with Crippen molar-refractivity contribution in [3.05, 3.63) is 45.6 Å². The van der Waals surface area contributed by atoms with Crippen LogP contribution >= 0.6 is 22.9 Å². The first kappa shape index (κ1) is 16.9. The van der Waals surface area contributed by atoms with Gasteiger partial charge in [0.2, 0.25) is 11.7 Å². The number of nitrogens with one attached hydrogen (secondary N) is 1. The van der Waals surface area contributed by atoms with E-state index in [-0.39, 0.29) is 4.90 Å². The van der Waals surface area contributed by atoms with Crippen LogP contribution in [0.3, 0.4) is 0 Å². The summed E-state index contributed by atoms with van der Waals surface area (Å²) in [4.78, 5) is 5.54. The molecule has 0 saturated carbocycles. The number of rotatable bonds is 4. The van der Waals surface area contributed by atoms with Crippen LogP contribution in [-0.2, 0) is 10.0 Å². The maximum atomic E-state index is 12.7. The highest BCUT2D eigenvalue weighted by atomic mass is 35.5. The predicted molar refractivity (Wildman–Crippen MR) is 94.1 cm³/mol. The van der Waals surface area contributed by atoms with Crippen molar-refractivity contribution < 1.29 is 12.9 Å². The number of sulfonamides is 1. The molecule has 0 unspecified atom stereocenters. The fourth-order valence-electron chi connectivity index (χ4n) is 2.14. The van der Waals surface area contributed by atoms with Gasteiger partial charge < -0.3 is 4.52 Å². The van der Waals surface area contributed by atoms with Crippen LogP contribution in [0.5, 0.6) is 0 Å². The Morgan fingerprint density at radius 2 is 1.96 bits per heavy atom. The Bertz CT molecular complexity index is 1010. The van der Waals surface area contributed by atoms with Gasteiger partial charge in [0.05, 0.1) is 15.6 Å². The normalized spacial score (nSPS) is 11.7. The minimum Gasteiger partial charge on any atom is -0.339 e. The summed E-state index contributed by atoms with van der Waals surface area (Å²) in [6, 6.07) is 6.67. The van der Waals surface area contributed by atoms with Crippen LogP contribution in [0.1, 0.15) is 16.3 Å². The van der Waals surface area contributed by atoms with Gasteiger partial charge in [-0.1, -0.05) is 22.8 Å². The Morgan fingerprint density at radius 1 is 1.21 bits per heavy atom. The molecule has 6 nitrogen and oxygen atoms in total. The fourth-order valence-corrected chi connectivity index (χ4v) is 5.08. The summed E-state index contributed by atoms with van der Waals surface area (Å²) in [5.74, 6) is 0.792. The highest BCUT2D eigenvalue weighted by Gasteiger charge is 2.23. The van der Waals surface area contributed by atoms with Crippen molar-refractivity contribution in [2.75, 3.05) is 4.72 Å². The molecule has 126 valence electrons. The lowest BCUT2D eigenvalue weighted by molar-refractivity contribution is 0.394. The lowest BCUT2D eigenvalue weighted by atomic mass is 10.2. The summed E-state index contributed by atoms with van der Waals surface area (Å²) in [6.07, 6.45) is 0. The highest BCUT2D eigenvalue weighted by Crippen LogP contribution is 2.34. The van der Waals surface area contributed by atoms with Gasteiger partial charge in [-0.05, 0) is 37.6 Å². The Balaban J connectivity index is 1.96. The van der Waals surface area contributed by atoms with E-state index in [4.69, 9.17) is 16.1 Å². The molecule has 2 heterocycles. The van der Waals surface area contributed by atoms with E-state index in [0.717, 1.165) is 5.56 Å². The van der Waals surface area contributed by atoms with Crippen LogP contribution in [0.15, 0.2) is 33.7 Å². The molecule has 0 aliphatic rings. The maximum absolute atomic E-state index is 12.7. The van der Waals surface area contributed by atoms with Crippen molar-refractivity contribution in [2.24, 2.45) is 0 Å². The van der Waals surface area contributed by atoms with Gasteiger partial charge in [-0.2, -0.15) is 4.98 Å². The number of aromatic nitrogens is 2. The molecule has 24 heavy (non-hydrogen) atoms. The zero-order valence-corrected chi connectivity index (χ0v) is 15.5. The number of aryl methyl sites for hydroxylation is 3. The zero-order chi connectivity index (χ0) is 17.5. The minimum absolute atomic E-state index is 0.168. The van der Waals surface area contributed by atoms with Crippen LogP contribution in [0.4, 0.5) is 5.69 Å². The molecule has 0 bridgehead atoms. The zero-order valence-electron chi connectivity index (χ0n) is 13.1. The second-order valence-corrected chi connectivity index (χ2v) is 8.57. The van der Waals surface area contributed by atoms with Crippen molar-refractivity contribution >= 4 is 38.6 Å². The lowest BCUT2D eigenvalue weighted by Gasteiger charge is -2.09. The second kappa shape index (κ2) is 6.19. The number of anilines is 1. The Kier molecular flexibility index (Phi) is 4.37. The first-order chi connectivity index (χ1) is 11.3. The van der Waals surface area contributed by atoms with Gasteiger partial charge in [0.1, 0.15) is 4.90 Å². The van der Waals surface area contributed by atoms with Crippen molar-refractivity contribution in [3.8, 4) is 10.7 Å². The minimum atomic E-state index is -3.77. The van der Waals surface area contributed by atoms with Gasteiger partial charge in [-0.25, -0.2) is 8.42 Å². The van der Waals surface area contributed by atoms with Gasteiger partial charge in [0.15, 0.2) is 0 Å². The molecule has 2 aromatic heterocycles. The number of hydrogen-bond donors (Lipinski definition) is 1. The Hall–Kier alpha value is -1.90. The van der Waals surface area contributed by atoms with E-state index >= 15 is 0 Å². The molecule has 0 aliphatic heterocycles. The molecule has 0 fully saturated rings. The molecule has 0 spiro atoms. The molecule has 3 aromatic rings. The molecule has 0 saturated heterocycles. The lowest BCUT2D eigenvalue weighted by Crippen LogP contribution is -2.13. The van der Waals surface area contributed by atoms with Crippen LogP contribution in [-0.4, -0.2) is 18.6 Å². The van der Waals surface area contributed by atoms with Gasteiger partial charge in [-0.15, -0.1) is 11.3 Å². The van der Waals surface area contributed by atoms with Gasteiger partial charge in [-0.3, -0.25) is 4.72 Å². The Labute approximate surface area is 148 Å². The van der Waals surface area contributed by atoms with Crippen molar-refractivity contribution in [3.63, 3.8) is 0 Å². The molecule has 0 amide bonds. The average Bonchev–Trinajstić information content (AvgIpc) is 3.08. The van der Waals surface area contributed by atoms with Gasteiger partial charge >= 0.3 is 0 Å². The van der Waals surface area contributed by atoms with Gasteiger partial charge in [0, 0.05) is 11.8 Å². The fraction of sp³-hybridized carbons (Fsp3) is 0.200. The van der Waals surface area contributed by atoms with E-state index in [2.05, 4.69) is 14.9 Å². The first-order valence-corrected chi connectivity index (χ1v) is 9.64. The predicted octanol–water partition coefficient (Wildman–Crippen LogP) is 4.18. The van der Waals surface area contributed by atoms with E-state index in [0.29, 0.717) is 32.2 Å². The van der Waals surface area contributed by atoms with Crippen molar-refractivity contribution in [1.82, 2.24) is 10.1 Å². The molecule has 1 aromatic carbocycles. The summed E-state index contributed by atoms with van der Waals surface area (Å²) >= 11 is 7.40. The number of thiophene rings is 1. The number of benzene rings is 1. The number of hydrogen-bond acceptors (Lipinski definition) is 6. The van der Waals surface area contributed by atoms with E-state index in [9.17, 15) is 8.42 Å². The molecule has 1 N–H and O–H groups in total. The third-order valence-corrected chi connectivity index (χ3v) is 6.26.